The molecule has 11 heavy (non-hydrogen) atoms. The lowest BCUT2D eigenvalue weighted by Crippen LogP contribution is -2.01. The van der Waals surface area contributed by atoms with Crippen LogP contribution in [0, 0.1) is 0 Å². The van der Waals surface area contributed by atoms with E-state index in [0.29, 0.717) is 16.2 Å². The zero-order valence-electron chi connectivity index (χ0n) is 5.54. The molecule has 1 aromatic rings. The molecule has 0 bridgehead atoms. The first-order valence-electron chi connectivity index (χ1n) is 2.95. The van der Waals surface area contributed by atoms with Crippen molar-refractivity contribution >= 4 is 27.5 Å². The van der Waals surface area contributed by atoms with Gasteiger partial charge in [-0.2, -0.15) is 0 Å². The molecule has 0 saturated carbocycles. The number of hydrogen-bond donors (Lipinski definition) is 1. The van der Waals surface area contributed by atoms with Crippen molar-refractivity contribution in [1.29, 1.82) is 0 Å². The first kappa shape index (κ1) is 8.90. The number of hydrogen-bond acceptors (Lipinski definition) is 3. The molecule has 0 radical (unpaired) electrons. The van der Waals surface area contributed by atoms with Crippen LogP contribution >= 0.6 is 27.5 Å². The SMILES string of the molecule is OC(CBr)c1cnc(Cl)cn1. The summed E-state index contributed by atoms with van der Waals surface area (Å²) in [6.45, 7) is 0. The predicted molar refractivity (Wildman–Crippen MR) is 45.8 cm³/mol. The summed E-state index contributed by atoms with van der Waals surface area (Å²) in [6.07, 6.45) is 2.25. The molecule has 0 aliphatic rings. The zero-order valence-corrected chi connectivity index (χ0v) is 7.88. The van der Waals surface area contributed by atoms with Crippen molar-refractivity contribution in [3.8, 4) is 0 Å². The van der Waals surface area contributed by atoms with E-state index in [0.717, 1.165) is 0 Å². The second kappa shape index (κ2) is 3.99. The summed E-state index contributed by atoms with van der Waals surface area (Å²) < 4.78 is 0. The van der Waals surface area contributed by atoms with Crippen molar-refractivity contribution in [3.63, 3.8) is 0 Å². The molecule has 60 valence electrons. The van der Waals surface area contributed by atoms with Gasteiger partial charge in [-0.05, 0) is 0 Å². The molecule has 3 nitrogen and oxygen atoms in total. The second-order valence-corrected chi connectivity index (χ2v) is 2.97. The van der Waals surface area contributed by atoms with Crippen molar-refractivity contribution in [3.05, 3.63) is 23.2 Å². The van der Waals surface area contributed by atoms with Crippen LogP contribution in [0.4, 0.5) is 0 Å². The molecule has 0 saturated heterocycles. The summed E-state index contributed by atoms with van der Waals surface area (Å²) in [5, 5.41) is 10.0. The van der Waals surface area contributed by atoms with Gasteiger partial charge in [-0.1, -0.05) is 27.5 Å². The van der Waals surface area contributed by atoms with Gasteiger partial charge in [0.1, 0.15) is 11.3 Å². The lowest BCUT2D eigenvalue weighted by Gasteiger charge is -2.03. The summed E-state index contributed by atoms with van der Waals surface area (Å²) in [4.78, 5) is 7.64. The highest BCUT2D eigenvalue weighted by Crippen LogP contribution is 2.11. The van der Waals surface area contributed by atoms with E-state index in [1.54, 1.807) is 0 Å². The molecular weight excluding hydrogens is 231 g/mol. The van der Waals surface area contributed by atoms with Crippen molar-refractivity contribution in [2.24, 2.45) is 0 Å². The van der Waals surface area contributed by atoms with Crippen LogP contribution in [0.1, 0.15) is 11.8 Å². The normalized spacial score (nSPS) is 13.0. The maximum absolute atomic E-state index is 9.23. The molecule has 1 aromatic heterocycles. The molecule has 0 aliphatic carbocycles. The van der Waals surface area contributed by atoms with Gasteiger partial charge in [0.15, 0.2) is 0 Å². The number of alkyl halides is 1. The van der Waals surface area contributed by atoms with Crippen molar-refractivity contribution < 1.29 is 5.11 Å². The van der Waals surface area contributed by atoms with E-state index in [1.165, 1.54) is 12.4 Å². The Bertz CT molecular complexity index is 229. The number of aliphatic hydroxyl groups excluding tert-OH is 1. The van der Waals surface area contributed by atoms with Gasteiger partial charge in [0.2, 0.25) is 0 Å². The van der Waals surface area contributed by atoms with Crippen molar-refractivity contribution in [1.82, 2.24) is 9.97 Å². The molecule has 0 aromatic carbocycles. The Hall–Kier alpha value is -0.190. The van der Waals surface area contributed by atoms with Gasteiger partial charge in [-0.3, -0.25) is 4.98 Å². The molecule has 1 atom stereocenters. The Kier molecular flexibility index (Phi) is 3.23. The number of rotatable bonds is 2. The minimum absolute atomic E-state index is 0.329. The summed E-state index contributed by atoms with van der Waals surface area (Å²) >= 11 is 8.61. The molecule has 1 N–H and O–H groups in total. The Morgan fingerprint density at radius 3 is 2.73 bits per heavy atom. The average Bonchev–Trinajstić information content (AvgIpc) is 2.05. The third-order valence-electron chi connectivity index (χ3n) is 1.13. The van der Waals surface area contributed by atoms with Gasteiger partial charge < -0.3 is 5.11 Å². The largest absolute Gasteiger partial charge is 0.386 e. The summed E-state index contributed by atoms with van der Waals surface area (Å²) in [5.74, 6) is 0. The Balaban J connectivity index is 2.81. The van der Waals surface area contributed by atoms with Gasteiger partial charge in [0.05, 0.1) is 18.1 Å². The highest BCUT2D eigenvalue weighted by atomic mass is 79.9. The first-order chi connectivity index (χ1) is 5.24. The smallest absolute Gasteiger partial charge is 0.147 e. The highest BCUT2D eigenvalue weighted by molar-refractivity contribution is 9.09. The van der Waals surface area contributed by atoms with Gasteiger partial charge >= 0.3 is 0 Å². The summed E-state index contributed by atoms with van der Waals surface area (Å²) in [6, 6.07) is 0. The third-order valence-corrected chi connectivity index (χ3v) is 1.94. The van der Waals surface area contributed by atoms with E-state index in [9.17, 15) is 5.11 Å². The molecular formula is C6H6BrClN2O. The number of halogens is 2. The highest BCUT2D eigenvalue weighted by Gasteiger charge is 2.06. The number of nitrogens with zero attached hydrogens (tertiary/aromatic N) is 2. The fourth-order valence-electron chi connectivity index (χ4n) is 0.573. The zero-order chi connectivity index (χ0) is 8.27. The van der Waals surface area contributed by atoms with Crippen LogP contribution in [0.15, 0.2) is 12.4 Å². The Morgan fingerprint density at radius 1 is 1.55 bits per heavy atom. The molecule has 1 heterocycles. The third kappa shape index (κ3) is 2.39. The molecule has 1 rings (SSSR count). The van der Waals surface area contributed by atoms with E-state index in [-0.39, 0.29) is 0 Å². The van der Waals surface area contributed by atoms with Crippen molar-refractivity contribution in [2.75, 3.05) is 5.33 Å². The monoisotopic (exact) mass is 236 g/mol. The standard InChI is InChI=1S/C6H6BrClN2O/c7-1-5(11)4-2-10-6(8)3-9-4/h2-3,5,11H,1H2. The summed E-state index contributed by atoms with van der Waals surface area (Å²) in [5.41, 5.74) is 0.520. The molecule has 0 fully saturated rings. The second-order valence-electron chi connectivity index (χ2n) is 1.93. The maximum Gasteiger partial charge on any atom is 0.147 e. The topological polar surface area (TPSA) is 46.0 Å². The van der Waals surface area contributed by atoms with Gasteiger partial charge in [-0.25, -0.2) is 4.98 Å². The average molecular weight is 237 g/mol. The molecule has 5 heteroatoms. The summed E-state index contributed by atoms with van der Waals surface area (Å²) in [7, 11) is 0. The van der Waals surface area contributed by atoms with Crippen LogP contribution < -0.4 is 0 Å². The lowest BCUT2D eigenvalue weighted by atomic mass is 10.3. The van der Waals surface area contributed by atoms with Crippen LogP contribution in [0.3, 0.4) is 0 Å². The van der Waals surface area contributed by atoms with Crippen LogP contribution in [-0.2, 0) is 0 Å². The van der Waals surface area contributed by atoms with Gasteiger partial charge in [-0.15, -0.1) is 0 Å². The van der Waals surface area contributed by atoms with Crippen LogP contribution in [0.2, 0.25) is 5.15 Å². The Morgan fingerprint density at radius 2 is 2.27 bits per heavy atom. The van der Waals surface area contributed by atoms with E-state index in [1.807, 2.05) is 0 Å². The first-order valence-corrected chi connectivity index (χ1v) is 4.45. The molecule has 0 aliphatic heterocycles. The van der Waals surface area contributed by atoms with Crippen LogP contribution in [0.25, 0.3) is 0 Å². The van der Waals surface area contributed by atoms with E-state index in [4.69, 9.17) is 11.6 Å². The minimum atomic E-state index is -0.611. The number of aliphatic hydroxyl groups is 1. The number of aromatic nitrogens is 2. The van der Waals surface area contributed by atoms with E-state index in [2.05, 4.69) is 25.9 Å². The Labute approximate surface area is 77.6 Å². The fourth-order valence-corrected chi connectivity index (χ4v) is 1.00. The predicted octanol–water partition coefficient (Wildman–Crippen LogP) is 1.56. The quantitative estimate of drug-likeness (QED) is 0.794. The van der Waals surface area contributed by atoms with Crippen LogP contribution in [0.5, 0.6) is 0 Å². The van der Waals surface area contributed by atoms with E-state index < -0.39 is 6.10 Å². The molecule has 1 unspecified atom stereocenters. The van der Waals surface area contributed by atoms with Gasteiger partial charge in [0, 0.05) is 5.33 Å². The van der Waals surface area contributed by atoms with E-state index >= 15 is 0 Å². The minimum Gasteiger partial charge on any atom is -0.386 e. The van der Waals surface area contributed by atoms with Crippen molar-refractivity contribution in [2.45, 2.75) is 6.10 Å². The van der Waals surface area contributed by atoms with Gasteiger partial charge in [0.25, 0.3) is 0 Å². The molecule has 0 spiro atoms. The van der Waals surface area contributed by atoms with Crippen LogP contribution in [-0.4, -0.2) is 20.4 Å². The molecule has 0 amide bonds. The lowest BCUT2D eigenvalue weighted by molar-refractivity contribution is 0.200. The maximum atomic E-state index is 9.23. The fraction of sp³-hybridized carbons (Fsp3) is 0.333.